The van der Waals surface area contributed by atoms with Crippen LogP contribution in [-0.4, -0.2) is 227 Å². The molecule has 0 saturated heterocycles. The minimum atomic E-state index is -1.30. The van der Waals surface area contributed by atoms with E-state index in [1.165, 1.54) is 9.80 Å². The summed E-state index contributed by atoms with van der Waals surface area (Å²) in [6, 6.07) is 0. The second kappa shape index (κ2) is 56.8. The first-order valence-corrected chi connectivity index (χ1v) is 33.8. The number of nitrogens with one attached hydrogen (secondary N) is 2. The predicted molar refractivity (Wildman–Crippen MR) is 304 cm³/mol. The zero-order chi connectivity index (χ0) is 57.7. The number of unbranched alkanes of at least 4 members (excludes halogenated alkanes) is 6. The molecule has 0 aromatic carbocycles. The monoisotopic (exact) mass is 1250 g/mol. The molecule has 0 rings (SSSR count). The number of hydrogen-bond acceptors (Lipinski definition) is 14. The Morgan fingerprint density at radius 1 is 0.446 bits per heavy atom. The molecule has 0 radical (unpaired) electrons. The van der Waals surface area contributed by atoms with Gasteiger partial charge in [0, 0.05) is 79.5 Å². The molecule has 0 aliphatic heterocycles. The van der Waals surface area contributed by atoms with Crippen LogP contribution in [0.5, 0.6) is 0 Å². The maximum absolute atomic E-state index is 13.4. The van der Waals surface area contributed by atoms with E-state index in [2.05, 4.69) is 95.6 Å². The van der Waals surface area contributed by atoms with Crippen LogP contribution in [0, 0.1) is 16.2 Å². The Morgan fingerprint density at radius 3 is 0.865 bits per heavy atom. The first-order valence-electron chi connectivity index (χ1n) is 27.3. The first-order chi connectivity index (χ1) is 35.6. The van der Waals surface area contributed by atoms with Gasteiger partial charge in [-0.3, -0.25) is 29.0 Å². The Morgan fingerprint density at radius 2 is 0.662 bits per heavy atom. The van der Waals surface area contributed by atoms with Gasteiger partial charge in [0.15, 0.2) is 0 Å². The molecule has 74 heavy (non-hydrogen) atoms. The molecule has 0 aliphatic rings. The molecule has 4 amide bonds. The van der Waals surface area contributed by atoms with E-state index in [1.807, 2.05) is 13.8 Å². The van der Waals surface area contributed by atoms with Gasteiger partial charge in [0.2, 0.25) is 23.6 Å². The van der Waals surface area contributed by atoms with E-state index in [4.69, 9.17) is 0 Å². The zero-order valence-electron chi connectivity index (χ0n) is 47.6. The van der Waals surface area contributed by atoms with Crippen molar-refractivity contribution in [3.63, 3.8) is 0 Å². The molecule has 10 N–H and O–H groups in total. The van der Waals surface area contributed by atoms with Gasteiger partial charge in [-0.2, -0.15) is 0 Å². The van der Waals surface area contributed by atoms with Crippen molar-refractivity contribution < 1.29 is 89.4 Å². The van der Waals surface area contributed by atoms with Crippen LogP contribution in [0.15, 0.2) is 0 Å². The summed E-state index contributed by atoms with van der Waals surface area (Å²) in [7, 11) is 3.19. The molecule has 0 aromatic rings. The standard InChI is InChI=1S/C19H38N2O6.C19H42N2O4.C13H26N2O2.2CH2.HI.2V/c1-3-5-7-19(8-6-4-2,17(26)20(9-13-22)10-14-23)18(27)21(11-15-24)12-16-25;1-3-5-7-19(8-6-4-2,17-20(9-13-22)10-14-23)18-21(11-15-24)12-16-25;1-5-7-9-13(10-8-6-2,11(16)14-3)12(17)15-4;;;;;/h22-25H,3-16H2,1-2H3;22-25H,3-18H2,1-2H3;5-10H2,1-4H3,(H,14,16)(H,15,17);2*1H2;1H;;/q;;;;;;;+1/p-1. The molecule has 0 fully saturated rings. The zero-order valence-corrected chi connectivity index (χ0v) is 52.6. The van der Waals surface area contributed by atoms with Gasteiger partial charge in [-0.05, 0) is 43.9 Å². The van der Waals surface area contributed by atoms with Crippen LogP contribution in [0.2, 0.25) is 0 Å². The summed E-state index contributed by atoms with van der Waals surface area (Å²) in [5.41, 5.74) is -2.13. The minimum absolute atomic E-state index is 0.0483. The van der Waals surface area contributed by atoms with Gasteiger partial charge >= 0.3 is 59.9 Å². The topological polar surface area (TPSA) is 267 Å². The number of amides is 4. The molecule has 18 nitrogen and oxygen atoms in total. The molecular formula is C53H110IN6O12V2. The van der Waals surface area contributed by atoms with Crippen LogP contribution in [0.3, 0.4) is 0 Å². The van der Waals surface area contributed by atoms with E-state index < -0.39 is 22.6 Å². The predicted octanol–water partition coefficient (Wildman–Crippen LogP) is 3.57. The molecule has 0 atom stereocenters. The van der Waals surface area contributed by atoms with Crippen molar-refractivity contribution in [2.45, 2.75) is 157 Å². The fourth-order valence-corrected chi connectivity index (χ4v) is 9.09. The van der Waals surface area contributed by atoms with Gasteiger partial charge in [0.25, 0.3) is 0 Å². The molecule has 0 spiro atoms. The van der Waals surface area contributed by atoms with Crippen LogP contribution < -0.4 is 10.6 Å². The maximum atomic E-state index is 13.4. The van der Waals surface area contributed by atoms with Gasteiger partial charge in [-0.1, -0.05) is 119 Å². The van der Waals surface area contributed by atoms with Gasteiger partial charge < -0.3 is 61.3 Å². The number of nitrogens with zero attached hydrogens (tertiary/aromatic N) is 4. The Hall–Kier alpha value is -0.881. The van der Waals surface area contributed by atoms with Crippen molar-refractivity contribution in [1.82, 2.24) is 30.2 Å². The van der Waals surface area contributed by atoms with Gasteiger partial charge in [-0.25, -0.2) is 0 Å². The van der Waals surface area contributed by atoms with Crippen molar-refractivity contribution in [3.05, 3.63) is 0 Å². The summed E-state index contributed by atoms with van der Waals surface area (Å²) in [4.78, 5) is 58.0. The molecule has 0 heterocycles. The Labute approximate surface area is 476 Å². The van der Waals surface area contributed by atoms with Crippen molar-refractivity contribution in [3.8, 4) is 0 Å². The van der Waals surface area contributed by atoms with Crippen molar-refractivity contribution in [2.24, 2.45) is 16.2 Å². The molecule has 0 aliphatic carbocycles. The molecule has 0 bridgehead atoms. The van der Waals surface area contributed by atoms with Crippen LogP contribution in [0.1, 0.15) is 157 Å². The Balaban J connectivity index is -0.000000314. The van der Waals surface area contributed by atoms with Gasteiger partial charge in [-0.15, -0.1) is 0 Å². The van der Waals surface area contributed by atoms with Crippen LogP contribution in [0.4, 0.5) is 0 Å². The van der Waals surface area contributed by atoms with Crippen LogP contribution >= 0.6 is 20.0 Å². The number of hydrogen-bond donors (Lipinski definition) is 10. The summed E-state index contributed by atoms with van der Waals surface area (Å²) in [6.45, 7) is 16.0. The SMILES string of the molecule is CCCCC(CCCC)(C(=O)N(CCO)CCO)C(=O)N(CCO)CCO.CCCCC(CCCC)(C(=O)NC)C(=O)NC.CCCCC(CCCC)(CN(CCO)CCO)CN(CCO)CCO.[CH2]=[V].[CH2]=[V][I]. The average Bonchev–Trinajstić information content (AvgIpc) is 3.40. The molecular weight excluding hydrogens is 1140 g/mol. The summed E-state index contributed by atoms with van der Waals surface area (Å²) in [5, 5.41) is 86.7. The van der Waals surface area contributed by atoms with Gasteiger partial charge in [0.1, 0.15) is 10.8 Å². The number of rotatable bonds is 42. The fourth-order valence-electron chi connectivity index (χ4n) is 9.09. The van der Waals surface area contributed by atoms with E-state index in [-0.39, 0.29) is 96.3 Å². The second-order valence-corrected chi connectivity index (χ2v) is 21.7. The van der Waals surface area contributed by atoms with E-state index in [0.29, 0.717) is 77.1 Å². The van der Waals surface area contributed by atoms with E-state index in [1.54, 1.807) is 14.1 Å². The molecule has 441 valence electrons. The van der Waals surface area contributed by atoms with E-state index >= 15 is 0 Å². The van der Waals surface area contributed by atoms with Crippen LogP contribution in [-0.2, 0) is 48.6 Å². The quantitative estimate of drug-likeness (QED) is 0.0310. The summed E-state index contributed by atoms with van der Waals surface area (Å²) in [5.74, 6) is -1.09. The molecule has 21 heteroatoms. The van der Waals surface area contributed by atoms with E-state index in [9.17, 15) is 60.0 Å². The van der Waals surface area contributed by atoms with Gasteiger partial charge in [0.05, 0.1) is 52.9 Å². The Kier molecular flexibility index (Phi) is 62.9. The number of aliphatic hydroxyl groups is 8. The first kappa shape index (κ1) is 82.0. The number of halogens is 1. The summed E-state index contributed by atoms with van der Waals surface area (Å²) < 4.78 is 0. The molecule has 0 aromatic heterocycles. The normalized spacial score (nSPS) is 11.2. The third-order valence-electron chi connectivity index (χ3n) is 12.9. The van der Waals surface area contributed by atoms with Crippen molar-refractivity contribution >= 4 is 54.1 Å². The van der Waals surface area contributed by atoms with Crippen molar-refractivity contribution in [1.29, 1.82) is 0 Å². The fraction of sp³-hybridized carbons (Fsp3) is 0.887. The van der Waals surface area contributed by atoms with Crippen LogP contribution in [0.25, 0.3) is 0 Å². The molecule has 0 unspecified atom stereocenters. The number of carbonyl (C=O) groups excluding carboxylic acids is 4. The summed E-state index contributed by atoms with van der Waals surface area (Å²) >= 11 is 4.74. The number of aliphatic hydroxyl groups excluding tert-OH is 8. The van der Waals surface area contributed by atoms with E-state index in [0.717, 1.165) is 90.1 Å². The second-order valence-electron chi connectivity index (χ2n) is 18.5. The summed E-state index contributed by atoms with van der Waals surface area (Å²) in [6.07, 6.45) is 15.5. The molecule has 0 saturated carbocycles. The average molecular weight is 1250 g/mol. The third kappa shape index (κ3) is 35.6. The Bertz CT molecular complexity index is 1220. The number of carbonyl (C=O) groups is 4. The van der Waals surface area contributed by atoms with Crippen molar-refractivity contribution in [2.75, 3.05) is 132 Å². The third-order valence-corrected chi connectivity index (χ3v) is 12.9.